The first kappa shape index (κ1) is 13.9. The topological polar surface area (TPSA) is 46.5 Å². The van der Waals surface area contributed by atoms with Crippen molar-refractivity contribution < 1.29 is 14.6 Å². The Labute approximate surface area is 114 Å². The van der Waals surface area contributed by atoms with E-state index in [2.05, 4.69) is 13.0 Å². The van der Waals surface area contributed by atoms with E-state index < -0.39 is 5.97 Å². The summed E-state index contributed by atoms with van der Waals surface area (Å²) in [5.74, 6) is -0.0202. The van der Waals surface area contributed by atoms with E-state index in [1.807, 2.05) is 13.0 Å². The number of aliphatic carboxylic acids is 1. The van der Waals surface area contributed by atoms with Gasteiger partial charge in [-0.15, -0.1) is 0 Å². The Hall–Kier alpha value is -1.51. The van der Waals surface area contributed by atoms with Gasteiger partial charge < -0.3 is 9.84 Å². The highest BCUT2D eigenvalue weighted by Crippen LogP contribution is 2.43. The maximum Gasteiger partial charge on any atom is 0.307 e. The van der Waals surface area contributed by atoms with E-state index >= 15 is 0 Å². The molecule has 0 saturated heterocycles. The third-order valence-corrected chi connectivity index (χ3v) is 4.17. The molecule has 1 aliphatic rings. The first-order valence-corrected chi connectivity index (χ1v) is 6.92. The highest BCUT2D eigenvalue weighted by atomic mass is 16.5. The molecule has 3 heteroatoms. The maximum absolute atomic E-state index is 11.5. The van der Waals surface area contributed by atoms with Crippen LogP contribution >= 0.6 is 0 Å². The molecule has 1 aliphatic carbocycles. The van der Waals surface area contributed by atoms with Crippen molar-refractivity contribution in [1.82, 2.24) is 0 Å². The quantitative estimate of drug-likeness (QED) is 0.904. The number of ether oxygens (including phenoxy) is 1. The van der Waals surface area contributed by atoms with Crippen molar-refractivity contribution in [1.29, 1.82) is 0 Å². The lowest BCUT2D eigenvalue weighted by Gasteiger charge is -2.31. The molecule has 1 fully saturated rings. The molecular weight excluding hydrogens is 240 g/mol. The number of carbonyl (C=O) groups is 1. The third-order valence-electron chi connectivity index (χ3n) is 4.17. The molecule has 2 rings (SSSR count). The summed E-state index contributed by atoms with van der Waals surface area (Å²) in [4.78, 5) is 11.5. The van der Waals surface area contributed by atoms with Gasteiger partial charge in [0, 0.05) is 11.5 Å². The molecule has 0 spiro atoms. The van der Waals surface area contributed by atoms with Crippen LogP contribution in [-0.4, -0.2) is 18.2 Å². The standard InChI is InChI=1S/C16H22O3/c1-10-8-11(2)15(14(9-10)19-3)12-6-4-5-7-13(12)16(17)18/h8-9,12-13H,4-7H2,1-3H3,(H,17,18). The molecule has 0 radical (unpaired) electrons. The van der Waals surface area contributed by atoms with Crippen LogP contribution in [0.15, 0.2) is 12.1 Å². The predicted molar refractivity (Wildman–Crippen MR) is 74.8 cm³/mol. The molecule has 2 unspecified atom stereocenters. The molecule has 0 aliphatic heterocycles. The minimum absolute atomic E-state index is 0.0850. The first-order chi connectivity index (χ1) is 9.04. The predicted octanol–water partition coefficient (Wildman–Crippen LogP) is 3.67. The van der Waals surface area contributed by atoms with E-state index in [9.17, 15) is 9.90 Å². The van der Waals surface area contributed by atoms with Crippen molar-refractivity contribution >= 4 is 5.97 Å². The van der Waals surface area contributed by atoms with Crippen LogP contribution in [0.2, 0.25) is 0 Å². The second-order valence-electron chi connectivity index (χ2n) is 5.53. The average molecular weight is 262 g/mol. The zero-order valence-corrected chi connectivity index (χ0v) is 11.9. The van der Waals surface area contributed by atoms with Gasteiger partial charge >= 0.3 is 5.97 Å². The van der Waals surface area contributed by atoms with Crippen molar-refractivity contribution in [2.24, 2.45) is 5.92 Å². The molecule has 2 atom stereocenters. The van der Waals surface area contributed by atoms with Gasteiger partial charge in [0.1, 0.15) is 5.75 Å². The Morgan fingerprint density at radius 3 is 2.58 bits per heavy atom. The molecule has 3 nitrogen and oxygen atoms in total. The number of hydrogen-bond donors (Lipinski definition) is 1. The van der Waals surface area contributed by atoms with Crippen LogP contribution in [0.25, 0.3) is 0 Å². The Morgan fingerprint density at radius 2 is 1.95 bits per heavy atom. The van der Waals surface area contributed by atoms with Gasteiger partial charge in [0.15, 0.2) is 0 Å². The summed E-state index contributed by atoms with van der Waals surface area (Å²) in [6.45, 7) is 4.09. The fourth-order valence-electron chi connectivity index (χ4n) is 3.36. The average Bonchev–Trinajstić information content (AvgIpc) is 2.37. The highest BCUT2D eigenvalue weighted by molar-refractivity contribution is 5.72. The van der Waals surface area contributed by atoms with Crippen LogP contribution in [0.4, 0.5) is 0 Å². The fourth-order valence-corrected chi connectivity index (χ4v) is 3.36. The summed E-state index contributed by atoms with van der Waals surface area (Å²) >= 11 is 0. The number of carboxylic acid groups (broad SMARTS) is 1. The molecule has 104 valence electrons. The summed E-state index contributed by atoms with van der Waals surface area (Å²) in [6, 6.07) is 4.13. The third kappa shape index (κ3) is 2.75. The van der Waals surface area contributed by atoms with Crippen LogP contribution in [0.5, 0.6) is 5.75 Å². The fraction of sp³-hybridized carbons (Fsp3) is 0.562. The molecule has 1 aromatic rings. The monoisotopic (exact) mass is 262 g/mol. The maximum atomic E-state index is 11.5. The highest BCUT2D eigenvalue weighted by Gasteiger charge is 2.34. The van der Waals surface area contributed by atoms with Crippen molar-refractivity contribution in [3.63, 3.8) is 0 Å². The molecule has 0 bridgehead atoms. The Morgan fingerprint density at radius 1 is 1.26 bits per heavy atom. The summed E-state index contributed by atoms with van der Waals surface area (Å²) in [5, 5.41) is 9.44. The van der Waals surface area contributed by atoms with Gasteiger partial charge in [-0.05, 0) is 43.9 Å². The Balaban J connectivity index is 2.46. The second kappa shape index (κ2) is 5.64. The number of methoxy groups -OCH3 is 1. The van der Waals surface area contributed by atoms with Crippen molar-refractivity contribution in [2.75, 3.05) is 7.11 Å². The van der Waals surface area contributed by atoms with Gasteiger partial charge in [-0.1, -0.05) is 18.9 Å². The molecule has 1 N–H and O–H groups in total. The van der Waals surface area contributed by atoms with Gasteiger partial charge in [0.25, 0.3) is 0 Å². The zero-order valence-electron chi connectivity index (χ0n) is 11.9. The SMILES string of the molecule is COc1cc(C)cc(C)c1C1CCCCC1C(=O)O. The zero-order chi connectivity index (χ0) is 14.0. The lowest BCUT2D eigenvalue weighted by atomic mass is 9.74. The van der Waals surface area contributed by atoms with Crippen LogP contribution in [0.3, 0.4) is 0 Å². The number of carboxylic acids is 1. The van der Waals surface area contributed by atoms with E-state index in [1.165, 1.54) is 0 Å². The lowest BCUT2D eigenvalue weighted by molar-refractivity contribution is -0.143. The molecule has 1 saturated carbocycles. The van der Waals surface area contributed by atoms with Crippen LogP contribution in [0, 0.1) is 19.8 Å². The number of hydrogen-bond acceptors (Lipinski definition) is 2. The van der Waals surface area contributed by atoms with E-state index in [1.54, 1.807) is 7.11 Å². The summed E-state index contributed by atoms with van der Waals surface area (Å²) in [5.41, 5.74) is 3.40. The van der Waals surface area contributed by atoms with Crippen molar-refractivity contribution in [3.8, 4) is 5.75 Å². The van der Waals surface area contributed by atoms with Gasteiger partial charge in [-0.2, -0.15) is 0 Å². The number of rotatable bonds is 3. The van der Waals surface area contributed by atoms with Gasteiger partial charge in [-0.25, -0.2) is 0 Å². The van der Waals surface area contributed by atoms with Crippen LogP contribution in [0.1, 0.15) is 48.3 Å². The molecular formula is C16H22O3. The summed E-state index contributed by atoms with van der Waals surface area (Å²) in [6.07, 6.45) is 3.83. The molecule has 0 aromatic heterocycles. The molecule has 19 heavy (non-hydrogen) atoms. The molecule has 0 amide bonds. The van der Waals surface area contributed by atoms with Gasteiger partial charge in [0.05, 0.1) is 13.0 Å². The normalized spacial score (nSPS) is 23.1. The summed E-state index contributed by atoms with van der Waals surface area (Å²) < 4.78 is 5.50. The van der Waals surface area contributed by atoms with Crippen LogP contribution < -0.4 is 4.74 Å². The van der Waals surface area contributed by atoms with Gasteiger partial charge in [-0.3, -0.25) is 4.79 Å². The van der Waals surface area contributed by atoms with E-state index in [4.69, 9.17) is 4.74 Å². The largest absolute Gasteiger partial charge is 0.496 e. The first-order valence-electron chi connectivity index (χ1n) is 6.92. The molecule has 1 aromatic carbocycles. The van der Waals surface area contributed by atoms with E-state index in [0.29, 0.717) is 0 Å². The van der Waals surface area contributed by atoms with E-state index in [-0.39, 0.29) is 11.8 Å². The Bertz CT molecular complexity index is 479. The van der Waals surface area contributed by atoms with Crippen LogP contribution in [-0.2, 0) is 4.79 Å². The minimum atomic E-state index is -0.674. The minimum Gasteiger partial charge on any atom is -0.496 e. The number of aryl methyl sites for hydroxylation is 2. The molecule has 0 heterocycles. The van der Waals surface area contributed by atoms with Crippen molar-refractivity contribution in [2.45, 2.75) is 45.4 Å². The number of benzene rings is 1. The van der Waals surface area contributed by atoms with Gasteiger partial charge in [0.2, 0.25) is 0 Å². The Kier molecular flexibility index (Phi) is 4.13. The van der Waals surface area contributed by atoms with E-state index in [0.717, 1.165) is 48.1 Å². The smallest absolute Gasteiger partial charge is 0.307 e. The summed E-state index contributed by atoms with van der Waals surface area (Å²) in [7, 11) is 1.66. The van der Waals surface area contributed by atoms with Crippen molar-refractivity contribution in [3.05, 3.63) is 28.8 Å². The second-order valence-corrected chi connectivity index (χ2v) is 5.53. The lowest BCUT2D eigenvalue weighted by Crippen LogP contribution is -2.26.